The molecule has 0 spiro atoms. The van der Waals surface area contributed by atoms with E-state index in [1.165, 1.54) is 23.1 Å². The molecule has 0 bridgehead atoms. The molecule has 0 saturated carbocycles. The molecule has 1 amide bonds. The molecule has 1 aliphatic heterocycles. The molecule has 1 aromatic carbocycles. The fraction of sp³-hybridized carbons (Fsp3) is 0.158. The lowest BCUT2D eigenvalue weighted by molar-refractivity contribution is 0.102. The van der Waals surface area contributed by atoms with Crippen LogP contribution in [0.1, 0.15) is 28.8 Å². The molecule has 3 aromatic rings. The number of rotatable bonds is 3. The highest BCUT2D eigenvalue weighted by molar-refractivity contribution is 8.17. The van der Waals surface area contributed by atoms with Crippen LogP contribution >= 0.6 is 23.1 Å². The van der Waals surface area contributed by atoms with E-state index in [1.54, 1.807) is 12.3 Å². The summed E-state index contributed by atoms with van der Waals surface area (Å²) in [4.78, 5) is 26.9. The Hall–Kier alpha value is -2.71. The van der Waals surface area contributed by atoms with Gasteiger partial charge in [-0.3, -0.25) is 9.78 Å². The van der Waals surface area contributed by atoms with Crippen molar-refractivity contribution in [3.05, 3.63) is 64.8 Å². The lowest BCUT2D eigenvalue weighted by Gasteiger charge is -2.30. The highest BCUT2D eigenvalue weighted by Crippen LogP contribution is 2.39. The molecule has 0 saturated heterocycles. The van der Waals surface area contributed by atoms with Crippen LogP contribution in [0.5, 0.6) is 0 Å². The number of carbonyl (C=O) groups excluding carboxylic acids is 1. The summed E-state index contributed by atoms with van der Waals surface area (Å²) in [6.07, 6.45) is 2.30. The first-order chi connectivity index (χ1) is 12.9. The van der Waals surface area contributed by atoms with Gasteiger partial charge in [0.05, 0.1) is 15.9 Å². The van der Waals surface area contributed by atoms with Gasteiger partial charge in [-0.15, -0.1) is 11.3 Å². The average molecular weight is 396 g/mol. The van der Waals surface area contributed by atoms with E-state index in [1.807, 2.05) is 37.3 Å². The summed E-state index contributed by atoms with van der Waals surface area (Å²) >= 11 is 2.75. The van der Waals surface area contributed by atoms with Crippen LogP contribution in [-0.4, -0.2) is 21.0 Å². The zero-order valence-electron chi connectivity index (χ0n) is 14.6. The van der Waals surface area contributed by atoms with Crippen molar-refractivity contribution < 1.29 is 4.79 Å². The molecule has 0 radical (unpaired) electrons. The van der Waals surface area contributed by atoms with Gasteiger partial charge < -0.3 is 11.1 Å². The van der Waals surface area contributed by atoms with Gasteiger partial charge in [0, 0.05) is 18.3 Å². The number of nitrogens with two attached hydrogens (primary N) is 1. The van der Waals surface area contributed by atoms with Gasteiger partial charge in [0.1, 0.15) is 5.54 Å². The third-order valence-corrected chi connectivity index (χ3v) is 5.97. The van der Waals surface area contributed by atoms with Crippen molar-refractivity contribution in [3.63, 3.8) is 0 Å². The van der Waals surface area contributed by atoms with Crippen LogP contribution in [0, 0.1) is 0 Å². The van der Waals surface area contributed by atoms with Crippen molar-refractivity contribution in [2.24, 2.45) is 10.7 Å². The molecule has 1 atom stereocenters. The van der Waals surface area contributed by atoms with Gasteiger partial charge in [-0.1, -0.05) is 30.5 Å². The molecule has 4 rings (SSSR count). The van der Waals surface area contributed by atoms with Crippen molar-refractivity contribution in [1.82, 2.24) is 9.97 Å². The lowest BCUT2D eigenvalue weighted by Crippen LogP contribution is -2.28. The van der Waals surface area contributed by atoms with E-state index in [4.69, 9.17) is 5.73 Å². The van der Waals surface area contributed by atoms with Crippen molar-refractivity contribution >= 4 is 50.1 Å². The number of amidine groups is 1. The van der Waals surface area contributed by atoms with Crippen LogP contribution in [-0.2, 0) is 5.54 Å². The van der Waals surface area contributed by atoms with Crippen LogP contribution in [0.2, 0.25) is 0 Å². The molecule has 0 unspecified atom stereocenters. The van der Waals surface area contributed by atoms with E-state index in [0.717, 1.165) is 20.8 Å². The van der Waals surface area contributed by atoms with Crippen LogP contribution in [0.4, 0.5) is 5.69 Å². The minimum atomic E-state index is -0.594. The van der Waals surface area contributed by atoms with Crippen molar-refractivity contribution in [1.29, 1.82) is 0 Å². The van der Waals surface area contributed by atoms with E-state index >= 15 is 0 Å². The monoisotopic (exact) mass is 395 g/mol. The van der Waals surface area contributed by atoms with E-state index in [0.29, 0.717) is 22.3 Å². The summed E-state index contributed by atoms with van der Waals surface area (Å²) in [5.41, 5.74) is 7.51. The number of aliphatic imine (C=N–C) groups is 1. The average Bonchev–Trinajstić information content (AvgIpc) is 3.05. The summed E-state index contributed by atoms with van der Waals surface area (Å²) in [5, 5.41) is 3.79. The number of carbonyl (C=O) groups is 1. The van der Waals surface area contributed by atoms with Gasteiger partial charge in [0.15, 0.2) is 10.2 Å². The van der Waals surface area contributed by atoms with E-state index < -0.39 is 5.54 Å². The number of fused-ring (bicyclic) bond motifs is 1. The number of nitrogens with one attached hydrogen (secondary N) is 1. The maximum atomic E-state index is 12.6. The molecular formula is C19H17N5OS2. The van der Waals surface area contributed by atoms with E-state index in [-0.39, 0.29) is 5.91 Å². The maximum Gasteiger partial charge on any atom is 0.284 e. The number of thioether (sulfide) groups is 1. The van der Waals surface area contributed by atoms with Crippen LogP contribution in [0.15, 0.2) is 59.1 Å². The first kappa shape index (κ1) is 17.7. The van der Waals surface area contributed by atoms with Gasteiger partial charge in [0.2, 0.25) is 0 Å². The standard InChI is InChI=1S/C19H17N5OS2/c1-11-10-19(2,24-18(20)26-11)15-9-12(7-8-21-15)22-16(25)17-23-13-5-3-4-6-14(13)27-17/h3-9H,1,10H2,2H3,(H2,20,24)(H,21,22,25)/t19-/m0/s1. The minimum Gasteiger partial charge on any atom is -0.378 e. The zero-order chi connectivity index (χ0) is 19.0. The summed E-state index contributed by atoms with van der Waals surface area (Å²) < 4.78 is 0.980. The molecule has 3 heterocycles. The van der Waals surface area contributed by atoms with Crippen molar-refractivity contribution in [2.75, 3.05) is 5.32 Å². The number of nitrogens with zero attached hydrogens (tertiary/aromatic N) is 3. The van der Waals surface area contributed by atoms with Gasteiger partial charge in [0.25, 0.3) is 5.91 Å². The molecule has 3 N–H and O–H groups in total. The number of benzene rings is 1. The molecule has 6 nitrogen and oxygen atoms in total. The largest absolute Gasteiger partial charge is 0.378 e. The predicted molar refractivity (Wildman–Crippen MR) is 112 cm³/mol. The van der Waals surface area contributed by atoms with Crippen LogP contribution in [0.3, 0.4) is 0 Å². The predicted octanol–water partition coefficient (Wildman–Crippen LogP) is 4.12. The molecule has 27 heavy (non-hydrogen) atoms. The molecule has 2 aromatic heterocycles. The second-order valence-electron chi connectivity index (χ2n) is 6.41. The Kier molecular flexibility index (Phi) is 4.45. The van der Waals surface area contributed by atoms with Gasteiger partial charge in [-0.2, -0.15) is 0 Å². The highest BCUT2D eigenvalue weighted by Gasteiger charge is 2.33. The second-order valence-corrected chi connectivity index (χ2v) is 8.64. The molecule has 8 heteroatoms. The first-order valence-corrected chi connectivity index (χ1v) is 9.91. The number of aromatic nitrogens is 2. The molecule has 0 fully saturated rings. The van der Waals surface area contributed by atoms with Gasteiger partial charge >= 0.3 is 0 Å². The van der Waals surface area contributed by atoms with Gasteiger partial charge in [-0.05, 0) is 36.1 Å². The van der Waals surface area contributed by atoms with Crippen LogP contribution in [0.25, 0.3) is 10.2 Å². The molecule has 136 valence electrons. The number of amides is 1. The Bertz CT molecular complexity index is 1060. The smallest absolute Gasteiger partial charge is 0.284 e. The number of para-hydroxylation sites is 1. The molecule has 1 aliphatic rings. The van der Waals surface area contributed by atoms with Crippen molar-refractivity contribution in [3.8, 4) is 0 Å². The molecular weight excluding hydrogens is 378 g/mol. The summed E-state index contributed by atoms with van der Waals surface area (Å²) in [5.74, 6) is -0.245. The Morgan fingerprint density at radius 1 is 1.33 bits per heavy atom. The number of hydrogen-bond acceptors (Lipinski definition) is 7. The Morgan fingerprint density at radius 2 is 2.15 bits per heavy atom. The van der Waals surface area contributed by atoms with Gasteiger partial charge in [-0.25, -0.2) is 9.98 Å². The third kappa shape index (κ3) is 3.58. The zero-order valence-corrected chi connectivity index (χ0v) is 16.2. The van der Waals surface area contributed by atoms with E-state index in [2.05, 4.69) is 26.9 Å². The Balaban J connectivity index is 1.60. The number of hydrogen-bond donors (Lipinski definition) is 2. The SMILES string of the molecule is C=C1C[C@@](C)(c2cc(NC(=O)c3nc4ccccc4s3)ccn2)N=C(N)S1. The second kappa shape index (κ2) is 6.79. The summed E-state index contributed by atoms with van der Waals surface area (Å²) in [6.45, 7) is 5.98. The quantitative estimate of drug-likeness (QED) is 0.696. The third-order valence-electron chi connectivity index (χ3n) is 4.20. The molecule has 0 aliphatic carbocycles. The fourth-order valence-corrected chi connectivity index (χ4v) is 4.74. The summed E-state index contributed by atoms with van der Waals surface area (Å²) in [7, 11) is 0. The number of pyridine rings is 1. The minimum absolute atomic E-state index is 0.245. The van der Waals surface area contributed by atoms with E-state index in [9.17, 15) is 4.79 Å². The Morgan fingerprint density at radius 3 is 2.93 bits per heavy atom. The fourth-order valence-electron chi connectivity index (χ4n) is 2.98. The van der Waals surface area contributed by atoms with Crippen molar-refractivity contribution in [2.45, 2.75) is 18.9 Å². The summed E-state index contributed by atoms with van der Waals surface area (Å²) in [6, 6.07) is 11.3. The highest BCUT2D eigenvalue weighted by atomic mass is 32.2. The topological polar surface area (TPSA) is 93.3 Å². The Labute approximate surface area is 164 Å². The normalized spacial score (nSPS) is 19.7. The maximum absolute atomic E-state index is 12.6. The number of anilines is 1. The van der Waals surface area contributed by atoms with Crippen LogP contribution < -0.4 is 11.1 Å². The first-order valence-electron chi connectivity index (χ1n) is 8.27. The number of thiazole rings is 1. The lowest BCUT2D eigenvalue weighted by atomic mass is 9.93.